The lowest BCUT2D eigenvalue weighted by Crippen LogP contribution is -2.44. The number of carbonyl (C=O) groups is 3. The molecule has 5 heteroatoms. The molecule has 1 N–H and O–H groups in total. The van der Waals surface area contributed by atoms with E-state index in [4.69, 9.17) is 0 Å². The fourth-order valence-corrected chi connectivity index (χ4v) is 2.26. The molecule has 2 amide bonds. The Kier molecular flexibility index (Phi) is 3.94. The Morgan fingerprint density at radius 1 is 1.32 bits per heavy atom. The summed E-state index contributed by atoms with van der Waals surface area (Å²) >= 11 is 0. The van der Waals surface area contributed by atoms with Crippen LogP contribution in [-0.4, -0.2) is 35.6 Å². The number of Topliss-reactive ketones (excluding diaryl/α,β-unsaturated/α-hetero) is 1. The maximum absolute atomic E-state index is 11.9. The first-order valence-electron chi connectivity index (χ1n) is 6.23. The molecule has 0 bridgehead atoms. The molecule has 1 saturated heterocycles. The average molecular weight is 260 g/mol. The average Bonchev–Trinajstić information content (AvgIpc) is 2.80. The van der Waals surface area contributed by atoms with Crippen LogP contribution in [0.5, 0.6) is 0 Å². The highest BCUT2D eigenvalue weighted by molar-refractivity contribution is 6.38. The number of hydrogen-bond acceptors (Lipinski definition) is 3. The van der Waals surface area contributed by atoms with Crippen LogP contribution in [0.2, 0.25) is 0 Å². The van der Waals surface area contributed by atoms with Crippen LogP contribution < -0.4 is 5.32 Å². The smallest absolute Gasteiger partial charge is 0.289 e. The number of likely N-dealkylation sites (tertiary alicyclic amines) is 1. The first-order chi connectivity index (χ1) is 9.13. The minimum atomic E-state index is -0.641. The zero-order valence-corrected chi connectivity index (χ0v) is 10.8. The summed E-state index contributed by atoms with van der Waals surface area (Å²) in [5.41, 5.74) is 0.951. The van der Waals surface area contributed by atoms with Crippen LogP contribution in [0, 0.1) is 0 Å². The molecule has 0 spiro atoms. The highest BCUT2D eigenvalue weighted by Crippen LogP contribution is 2.22. The summed E-state index contributed by atoms with van der Waals surface area (Å²) in [6, 6.07) is 8.81. The van der Waals surface area contributed by atoms with Gasteiger partial charge in [0, 0.05) is 20.0 Å². The van der Waals surface area contributed by atoms with Crippen LogP contribution in [0.3, 0.4) is 0 Å². The Morgan fingerprint density at radius 3 is 2.63 bits per heavy atom. The molecule has 0 saturated carbocycles. The van der Waals surface area contributed by atoms with Crippen LogP contribution in [0.4, 0.5) is 0 Å². The summed E-state index contributed by atoms with van der Waals surface area (Å²) in [5, 5.41) is 2.31. The first-order valence-corrected chi connectivity index (χ1v) is 6.23. The SMILES string of the molecule is CNC(=O)C(=O)[C@H]1CCC(=O)N1Cc1ccccc1. The highest BCUT2D eigenvalue weighted by Gasteiger charge is 2.38. The number of hydrogen-bond donors (Lipinski definition) is 1. The third-order valence-corrected chi connectivity index (χ3v) is 3.28. The minimum absolute atomic E-state index is 0.0777. The Morgan fingerprint density at radius 2 is 2.00 bits per heavy atom. The normalized spacial score (nSPS) is 18.5. The van der Waals surface area contributed by atoms with E-state index in [-0.39, 0.29) is 5.91 Å². The molecule has 1 atom stereocenters. The lowest BCUT2D eigenvalue weighted by molar-refractivity contribution is -0.142. The first kappa shape index (κ1) is 13.3. The van der Waals surface area contributed by atoms with Gasteiger partial charge in [0.2, 0.25) is 11.7 Å². The Balaban J connectivity index is 2.14. The van der Waals surface area contributed by atoms with E-state index in [9.17, 15) is 14.4 Å². The van der Waals surface area contributed by atoms with Crippen molar-refractivity contribution in [2.45, 2.75) is 25.4 Å². The van der Waals surface area contributed by atoms with Crippen molar-refractivity contribution in [3.05, 3.63) is 35.9 Å². The molecule has 2 rings (SSSR count). The van der Waals surface area contributed by atoms with Gasteiger partial charge in [0.1, 0.15) is 6.04 Å². The minimum Gasteiger partial charge on any atom is -0.353 e. The largest absolute Gasteiger partial charge is 0.353 e. The van der Waals surface area contributed by atoms with Gasteiger partial charge in [-0.05, 0) is 12.0 Å². The Bertz CT molecular complexity index is 499. The number of rotatable bonds is 4. The summed E-state index contributed by atoms with van der Waals surface area (Å²) in [5.74, 6) is -1.26. The number of benzene rings is 1. The molecule has 1 aromatic carbocycles. The van der Waals surface area contributed by atoms with Crippen molar-refractivity contribution in [2.75, 3.05) is 7.05 Å². The highest BCUT2D eigenvalue weighted by atomic mass is 16.2. The van der Waals surface area contributed by atoms with Gasteiger partial charge in [-0.3, -0.25) is 14.4 Å². The third kappa shape index (κ3) is 2.81. The zero-order chi connectivity index (χ0) is 13.8. The van der Waals surface area contributed by atoms with Crippen molar-refractivity contribution in [1.82, 2.24) is 10.2 Å². The van der Waals surface area contributed by atoms with E-state index < -0.39 is 17.7 Å². The maximum atomic E-state index is 11.9. The van der Waals surface area contributed by atoms with Crippen LogP contribution in [-0.2, 0) is 20.9 Å². The van der Waals surface area contributed by atoms with Crippen molar-refractivity contribution in [1.29, 1.82) is 0 Å². The second kappa shape index (κ2) is 5.65. The molecule has 100 valence electrons. The molecule has 5 nitrogen and oxygen atoms in total. The van der Waals surface area contributed by atoms with Gasteiger partial charge in [-0.2, -0.15) is 0 Å². The molecule has 1 aromatic rings. The molecule has 0 unspecified atom stereocenters. The van der Waals surface area contributed by atoms with Crippen molar-refractivity contribution < 1.29 is 14.4 Å². The van der Waals surface area contributed by atoms with Crippen molar-refractivity contribution >= 4 is 17.6 Å². The number of nitrogens with zero attached hydrogens (tertiary/aromatic N) is 1. The molecular weight excluding hydrogens is 244 g/mol. The molecule has 0 aliphatic carbocycles. The third-order valence-electron chi connectivity index (χ3n) is 3.28. The van der Waals surface area contributed by atoms with Gasteiger partial charge in [0.15, 0.2) is 0 Å². The van der Waals surface area contributed by atoms with E-state index in [0.29, 0.717) is 19.4 Å². The molecule has 0 radical (unpaired) electrons. The summed E-state index contributed by atoms with van der Waals surface area (Å²) < 4.78 is 0. The number of likely N-dealkylation sites (N-methyl/N-ethyl adjacent to an activating group) is 1. The van der Waals surface area contributed by atoms with Gasteiger partial charge in [0.25, 0.3) is 5.91 Å². The topological polar surface area (TPSA) is 66.5 Å². The second-order valence-electron chi connectivity index (χ2n) is 4.51. The lowest BCUT2D eigenvalue weighted by Gasteiger charge is -2.23. The van der Waals surface area contributed by atoms with Gasteiger partial charge in [0.05, 0.1) is 0 Å². The predicted octanol–water partition coefficient (Wildman–Crippen LogP) is 0.493. The van der Waals surface area contributed by atoms with Gasteiger partial charge in [-0.1, -0.05) is 30.3 Å². The van der Waals surface area contributed by atoms with E-state index in [0.717, 1.165) is 5.56 Å². The fourth-order valence-electron chi connectivity index (χ4n) is 2.26. The maximum Gasteiger partial charge on any atom is 0.289 e. The van der Waals surface area contributed by atoms with Gasteiger partial charge >= 0.3 is 0 Å². The van der Waals surface area contributed by atoms with Crippen molar-refractivity contribution in [2.24, 2.45) is 0 Å². The van der Waals surface area contributed by atoms with Crippen LogP contribution in [0.25, 0.3) is 0 Å². The Hall–Kier alpha value is -2.17. The van der Waals surface area contributed by atoms with Crippen LogP contribution in [0.15, 0.2) is 30.3 Å². The van der Waals surface area contributed by atoms with Crippen LogP contribution in [0.1, 0.15) is 18.4 Å². The van der Waals surface area contributed by atoms with E-state index in [2.05, 4.69) is 5.32 Å². The molecule has 19 heavy (non-hydrogen) atoms. The van der Waals surface area contributed by atoms with Crippen LogP contribution >= 0.6 is 0 Å². The second-order valence-corrected chi connectivity index (χ2v) is 4.51. The standard InChI is InChI=1S/C14H16N2O3/c1-15-14(19)13(18)11-7-8-12(17)16(11)9-10-5-3-2-4-6-10/h2-6,11H,7-9H2,1H3,(H,15,19)/t11-/m1/s1. The van der Waals surface area contributed by atoms with E-state index in [1.165, 1.54) is 11.9 Å². The Labute approximate surface area is 111 Å². The molecule has 1 fully saturated rings. The molecule has 1 aliphatic rings. The van der Waals surface area contributed by atoms with E-state index in [1.807, 2.05) is 30.3 Å². The number of amides is 2. The summed E-state index contributed by atoms with van der Waals surface area (Å²) in [6.07, 6.45) is 0.734. The van der Waals surface area contributed by atoms with Gasteiger partial charge < -0.3 is 10.2 Å². The van der Waals surface area contributed by atoms with Crippen molar-refractivity contribution in [3.8, 4) is 0 Å². The molecule has 1 aliphatic heterocycles. The quantitative estimate of drug-likeness (QED) is 0.801. The fraction of sp³-hybridized carbons (Fsp3) is 0.357. The molecular formula is C14H16N2O3. The number of nitrogens with one attached hydrogen (secondary N) is 1. The monoisotopic (exact) mass is 260 g/mol. The summed E-state index contributed by atoms with van der Waals surface area (Å²) in [6.45, 7) is 0.368. The summed E-state index contributed by atoms with van der Waals surface area (Å²) in [7, 11) is 1.42. The van der Waals surface area contributed by atoms with E-state index >= 15 is 0 Å². The zero-order valence-electron chi connectivity index (χ0n) is 10.8. The lowest BCUT2D eigenvalue weighted by atomic mass is 10.1. The number of carbonyl (C=O) groups excluding carboxylic acids is 3. The van der Waals surface area contributed by atoms with Crippen molar-refractivity contribution in [3.63, 3.8) is 0 Å². The van der Waals surface area contributed by atoms with Gasteiger partial charge in [-0.25, -0.2) is 0 Å². The number of ketones is 1. The molecule has 0 aromatic heterocycles. The van der Waals surface area contributed by atoms with E-state index in [1.54, 1.807) is 0 Å². The molecule has 1 heterocycles. The summed E-state index contributed by atoms with van der Waals surface area (Å²) in [4.78, 5) is 36.7. The predicted molar refractivity (Wildman–Crippen MR) is 69.1 cm³/mol. The van der Waals surface area contributed by atoms with Gasteiger partial charge in [-0.15, -0.1) is 0 Å².